The molecule has 0 amide bonds. The molecule has 3 aromatic heterocycles. The van der Waals surface area contributed by atoms with Crippen LogP contribution < -0.4 is 0 Å². The first-order valence-electron chi connectivity index (χ1n) is 11.0. The summed E-state index contributed by atoms with van der Waals surface area (Å²) in [7, 11) is 0. The van der Waals surface area contributed by atoms with Crippen molar-refractivity contribution in [2.75, 3.05) is 0 Å². The average Bonchev–Trinajstić information content (AvgIpc) is 3.35. The van der Waals surface area contributed by atoms with E-state index >= 15 is 0 Å². The molecule has 0 spiro atoms. The zero-order valence-corrected chi connectivity index (χ0v) is 23.0. The predicted molar refractivity (Wildman–Crippen MR) is 145 cm³/mol. The van der Waals surface area contributed by atoms with Crippen molar-refractivity contribution in [3.63, 3.8) is 0 Å². The SMILES string of the molecule is CCC(C)Sc1sc(-n2nc(C)c(-c3cc(C)nc(C)c3)c2C(=O)O)nc1-c1ccc(Cl)c(Cl)c1. The van der Waals surface area contributed by atoms with Gasteiger partial charge >= 0.3 is 5.97 Å². The molecular weight excluding hydrogens is 523 g/mol. The number of aryl methyl sites for hydroxylation is 3. The van der Waals surface area contributed by atoms with Crippen LogP contribution in [-0.4, -0.2) is 36.1 Å². The zero-order valence-electron chi connectivity index (χ0n) is 19.9. The number of pyridine rings is 1. The van der Waals surface area contributed by atoms with Crippen molar-refractivity contribution < 1.29 is 9.90 Å². The molecule has 10 heteroatoms. The van der Waals surface area contributed by atoms with Crippen LogP contribution in [-0.2, 0) is 0 Å². The number of hydrogen-bond acceptors (Lipinski definition) is 6. The monoisotopic (exact) mass is 546 g/mol. The number of thioether (sulfide) groups is 1. The Hall–Kier alpha value is -2.39. The van der Waals surface area contributed by atoms with Crippen LogP contribution >= 0.6 is 46.3 Å². The number of benzene rings is 1. The van der Waals surface area contributed by atoms with Gasteiger partial charge in [0.15, 0.2) is 5.69 Å². The lowest BCUT2D eigenvalue weighted by atomic mass is 10.0. The van der Waals surface area contributed by atoms with Crippen LogP contribution in [0.2, 0.25) is 10.0 Å². The highest BCUT2D eigenvalue weighted by Gasteiger charge is 2.27. The van der Waals surface area contributed by atoms with Crippen LogP contribution in [0.25, 0.3) is 27.5 Å². The zero-order chi connectivity index (χ0) is 25.4. The summed E-state index contributed by atoms with van der Waals surface area (Å²) in [6.45, 7) is 9.86. The van der Waals surface area contributed by atoms with Crippen LogP contribution in [0.15, 0.2) is 34.5 Å². The second-order valence-corrected chi connectivity index (χ2v) is 11.8. The quantitative estimate of drug-likeness (QED) is 0.237. The molecule has 35 heavy (non-hydrogen) atoms. The van der Waals surface area contributed by atoms with Gasteiger partial charge in [0.1, 0.15) is 0 Å². The number of hydrogen-bond donors (Lipinski definition) is 1. The summed E-state index contributed by atoms with van der Waals surface area (Å²) in [4.78, 5) is 21.8. The Morgan fingerprint density at radius 2 is 1.77 bits per heavy atom. The van der Waals surface area contributed by atoms with Crippen LogP contribution in [0.5, 0.6) is 0 Å². The van der Waals surface area contributed by atoms with E-state index in [1.807, 2.05) is 39.0 Å². The minimum Gasteiger partial charge on any atom is -0.476 e. The van der Waals surface area contributed by atoms with Crippen molar-refractivity contribution >= 4 is 52.3 Å². The fourth-order valence-corrected chi connectivity index (χ4v) is 6.54. The molecular formula is C25H24Cl2N4O2S2. The highest BCUT2D eigenvalue weighted by Crippen LogP contribution is 2.42. The predicted octanol–water partition coefficient (Wildman–Crippen LogP) is 7.88. The first kappa shape index (κ1) is 25.7. The summed E-state index contributed by atoms with van der Waals surface area (Å²) in [6.07, 6.45) is 0.977. The molecule has 0 saturated heterocycles. The van der Waals surface area contributed by atoms with Gasteiger partial charge in [0, 0.05) is 27.8 Å². The van der Waals surface area contributed by atoms with Gasteiger partial charge in [-0.3, -0.25) is 4.98 Å². The Morgan fingerprint density at radius 3 is 2.37 bits per heavy atom. The fraction of sp³-hybridized carbons (Fsp3) is 0.280. The molecule has 0 aliphatic rings. The Labute approximate surface area is 222 Å². The van der Waals surface area contributed by atoms with Gasteiger partial charge in [-0.1, -0.05) is 54.5 Å². The Kier molecular flexibility index (Phi) is 7.57. The van der Waals surface area contributed by atoms with Gasteiger partial charge < -0.3 is 5.11 Å². The van der Waals surface area contributed by atoms with Crippen LogP contribution in [0.4, 0.5) is 0 Å². The van der Waals surface area contributed by atoms with Crippen LogP contribution in [0.1, 0.15) is 47.8 Å². The van der Waals surface area contributed by atoms with E-state index in [0.717, 1.165) is 38.8 Å². The molecule has 1 unspecified atom stereocenters. The van der Waals surface area contributed by atoms with Gasteiger partial charge in [-0.05, 0) is 57.0 Å². The molecule has 1 aromatic carbocycles. The maximum Gasteiger partial charge on any atom is 0.355 e. The van der Waals surface area contributed by atoms with Crippen molar-refractivity contribution in [1.29, 1.82) is 0 Å². The van der Waals surface area contributed by atoms with E-state index in [0.29, 0.717) is 31.7 Å². The number of carboxylic acids is 1. The molecule has 182 valence electrons. The summed E-state index contributed by atoms with van der Waals surface area (Å²) < 4.78 is 2.40. The smallest absolute Gasteiger partial charge is 0.355 e. The number of aromatic carboxylic acids is 1. The lowest BCUT2D eigenvalue weighted by molar-refractivity contribution is 0.0688. The number of thiazole rings is 1. The number of nitrogens with zero attached hydrogens (tertiary/aromatic N) is 4. The van der Waals surface area contributed by atoms with Gasteiger partial charge in [-0.25, -0.2) is 9.78 Å². The lowest BCUT2D eigenvalue weighted by Gasteiger charge is -2.08. The van der Waals surface area contributed by atoms with Gasteiger partial charge in [0.05, 0.1) is 25.6 Å². The molecule has 0 bridgehead atoms. The van der Waals surface area contributed by atoms with E-state index in [9.17, 15) is 9.90 Å². The third kappa shape index (κ3) is 5.26. The molecule has 4 aromatic rings. The third-order valence-corrected chi connectivity index (χ3v) is 8.72. The molecule has 0 radical (unpaired) electrons. The molecule has 0 aliphatic carbocycles. The maximum atomic E-state index is 12.5. The molecule has 4 rings (SSSR count). The van der Waals surface area contributed by atoms with Gasteiger partial charge in [-0.15, -0.1) is 11.8 Å². The van der Waals surface area contributed by atoms with Crippen molar-refractivity contribution in [3.05, 3.63) is 63.2 Å². The minimum atomic E-state index is -1.07. The van der Waals surface area contributed by atoms with E-state index < -0.39 is 5.97 Å². The maximum absolute atomic E-state index is 12.5. The van der Waals surface area contributed by atoms with Gasteiger partial charge in [-0.2, -0.15) is 9.78 Å². The highest BCUT2D eigenvalue weighted by molar-refractivity contribution is 8.01. The van der Waals surface area contributed by atoms with Crippen molar-refractivity contribution in [1.82, 2.24) is 19.7 Å². The van der Waals surface area contributed by atoms with E-state index in [4.69, 9.17) is 28.2 Å². The summed E-state index contributed by atoms with van der Waals surface area (Å²) >= 11 is 15.5. The summed E-state index contributed by atoms with van der Waals surface area (Å²) in [5.41, 5.74) is 5.18. The van der Waals surface area contributed by atoms with E-state index in [2.05, 4.69) is 23.9 Å². The minimum absolute atomic E-state index is 0.0713. The summed E-state index contributed by atoms with van der Waals surface area (Å²) in [6, 6.07) is 9.14. The van der Waals surface area contributed by atoms with Crippen molar-refractivity contribution in [3.8, 4) is 27.5 Å². The molecule has 0 fully saturated rings. The van der Waals surface area contributed by atoms with Crippen molar-refractivity contribution in [2.45, 2.75) is 50.5 Å². The number of rotatable bonds is 7. The normalized spacial score (nSPS) is 12.2. The first-order chi connectivity index (χ1) is 16.6. The van der Waals surface area contributed by atoms with E-state index in [1.165, 1.54) is 16.0 Å². The molecule has 6 nitrogen and oxygen atoms in total. The largest absolute Gasteiger partial charge is 0.476 e. The molecule has 1 N–H and O–H groups in total. The van der Waals surface area contributed by atoms with Crippen molar-refractivity contribution in [2.24, 2.45) is 0 Å². The van der Waals surface area contributed by atoms with Crippen LogP contribution in [0, 0.1) is 20.8 Å². The molecule has 0 saturated carbocycles. The topological polar surface area (TPSA) is 80.9 Å². The number of aromatic nitrogens is 4. The fourth-order valence-electron chi connectivity index (χ4n) is 3.75. The van der Waals surface area contributed by atoms with E-state index in [-0.39, 0.29) is 5.69 Å². The Morgan fingerprint density at radius 1 is 1.09 bits per heavy atom. The second kappa shape index (κ2) is 10.3. The highest BCUT2D eigenvalue weighted by atomic mass is 35.5. The standard InChI is InChI=1S/C25H24Cl2N4O2S2/c1-6-14(4)34-24-21(16-7-8-18(26)19(27)11-16)29-25(35-24)31-22(23(32)33)20(15(5)30-31)17-9-12(2)28-13(3)10-17/h7-11,14H,6H2,1-5H3,(H,32,33). The average molecular weight is 548 g/mol. The number of carboxylic acid groups (broad SMARTS) is 1. The number of carbonyl (C=O) groups is 1. The van der Waals surface area contributed by atoms with Crippen LogP contribution in [0.3, 0.4) is 0 Å². The first-order valence-corrected chi connectivity index (χ1v) is 13.5. The molecule has 1 atom stereocenters. The molecule has 0 aliphatic heterocycles. The summed E-state index contributed by atoms with van der Waals surface area (Å²) in [5, 5.41) is 16.6. The Bertz CT molecular complexity index is 1410. The second-order valence-electron chi connectivity index (χ2n) is 8.26. The number of halogens is 2. The Balaban J connectivity index is 1.93. The lowest BCUT2D eigenvalue weighted by Crippen LogP contribution is -2.09. The molecule has 3 heterocycles. The third-order valence-electron chi connectivity index (χ3n) is 5.48. The van der Waals surface area contributed by atoms with Gasteiger partial charge in [0.2, 0.25) is 5.13 Å². The summed E-state index contributed by atoms with van der Waals surface area (Å²) in [5.74, 6) is -1.07. The van der Waals surface area contributed by atoms with E-state index in [1.54, 1.807) is 23.9 Å². The van der Waals surface area contributed by atoms with Gasteiger partial charge in [0.25, 0.3) is 0 Å².